The van der Waals surface area contributed by atoms with Gasteiger partial charge in [0, 0.05) is 11.8 Å². The van der Waals surface area contributed by atoms with Crippen LogP contribution in [-0.2, 0) is 4.79 Å². The van der Waals surface area contributed by atoms with Crippen LogP contribution in [0.5, 0.6) is 5.75 Å². The first-order chi connectivity index (χ1) is 12.7. The lowest BCUT2D eigenvalue weighted by Crippen LogP contribution is -2.54. The van der Waals surface area contributed by atoms with E-state index in [0.29, 0.717) is 17.2 Å². The van der Waals surface area contributed by atoms with Gasteiger partial charge in [0.15, 0.2) is 5.66 Å². The fraction of sp³-hybridized carbons (Fsp3) is 0.529. The van der Waals surface area contributed by atoms with Crippen molar-refractivity contribution in [3.8, 4) is 5.75 Å². The van der Waals surface area contributed by atoms with Gasteiger partial charge in [-0.05, 0) is 19.3 Å². The van der Waals surface area contributed by atoms with Gasteiger partial charge in [0.1, 0.15) is 22.3 Å². The molecule has 0 unspecified atom stereocenters. The number of hydrogen-bond acceptors (Lipinski definition) is 9. The van der Waals surface area contributed by atoms with E-state index in [9.17, 15) is 9.59 Å². The molecule has 0 fully saturated rings. The standard InChI is InChI=1S/C17H24N4O5S/c1-9(2)5-12(13-6-11(25-4)7-14(22)26-13)19-16(23)17(18)8-27-15(20-17)10(3)21-24/h6-7,9,12,24H,5,8,18H2,1-4H3,(H,19,23)/b21-10+/t12-,17+/m1/s1. The Balaban J connectivity index is 2.29. The second-order valence-corrected chi connectivity index (χ2v) is 7.65. The number of methoxy groups -OCH3 is 1. The van der Waals surface area contributed by atoms with Gasteiger partial charge < -0.3 is 19.7 Å². The molecule has 2 atom stereocenters. The normalized spacial score (nSPS) is 21.1. The van der Waals surface area contributed by atoms with Crippen molar-refractivity contribution in [2.45, 2.75) is 38.9 Å². The second-order valence-electron chi connectivity index (χ2n) is 6.69. The van der Waals surface area contributed by atoms with Crippen LogP contribution in [0.3, 0.4) is 0 Å². The number of nitrogens with two attached hydrogens (primary N) is 1. The molecule has 9 nitrogen and oxygen atoms in total. The van der Waals surface area contributed by atoms with Crippen molar-refractivity contribution in [2.24, 2.45) is 21.8 Å². The van der Waals surface area contributed by atoms with Gasteiger partial charge in [-0.15, -0.1) is 11.8 Å². The van der Waals surface area contributed by atoms with E-state index in [1.165, 1.54) is 24.9 Å². The molecular weight excluding hydrogens is 372 g/mol. The number of carbonyl (C=O) groups excluding carboxylic acids is 1. The second kappa shape index (κ2) is 8.57. The van der Waals surface area contributed by atoms with E-state index in [1.807, 2.05) is 13.8 Å². The molecule has 0 radical (unpaired) electrons. The van der Waals surface area contributed by atoms with E-state index in [4.69, 9.17) is 20.1 Å². The summed E-state index contributed by atoms with van der Waals surface area (Å²) in [6.45, 7) is 5.54. The fourth-order valence-corrected chi connectivity index (χ4v) is 3.56. The number of aliphatic imine (C=N–C) groups is 1. The third-order valence-corrected chi connectivity index (χ3v) is 5.18. The molecule has 1 aromatic rings. The van der Waals surface area contributed by atoms with Crippen molar-refractivity contribution in [3.05, 3.63) is 28.3 Å². The van der Waals surface area contributed by atoms with Crippen molar-refractivity contribution < 1.29 is 19.2 Å². The van der Waals surface area contributed by atoms with Crippen molar-refractivity contribution in [3.63, 3.8) is 0 Å². The van der Waals surface area contributed by atoms with Crippen LogP contribution >= 0.6 is 11.8 Å². The van der Waals surface area contributed by atoms with Crippen LogP contribution in [0.4, 0.5) is 0 Å². The Hall–Kier alpha value is -2.33. The maximum absolute atomic E-state index is 12.8. The van der Waals surface area contributed by atoms with Gasteiger partial charge >= 0.3 is 5.63 Å². The first-order valence-electron chi connectivity index (χ1n) is 8.39. The van der Waals surface area contributed by atoms with Gasteiger partial charge in [-0.1, -0.05) is 19.0 Å². The van der Waals surface area contributed by atoms with E-state index in [0.717, 1.165) is 0 Å². The number of thioether (sulfide) groups is 1. The zero-order valence-electron chi connectivity index (χ0n) is 15.7. The average molecular weight is 396 g/mol. The molecule has 10 heteroatoms. The number of carbonyl (C=O) groups is 1. The number of rotatable bonds is 7. The Morgan fingerprint density at radius 1 is 1.56 bits per heavy atom. The largest absolute Gasteiger partial charge is 0.496 e. The van der Waals surface area contributed by atoms with Gasteiger partial charge in [0.2, 0.25) is 0 Å². The monoisotopic (exact) mass is 396 g/mol. The predicted octanol–water partition coefficient (Wildman–Crippen LogP) is 1.50. The summed E-state index contributed by atoms with van der Waals surface area (Å²) in [7, 11) is 1.44. The van der Waals surface area contributed by atoms with Crippen LogP contribution in [0.1, 0.15) is 39.0 Å². The number of ether oxygens (including phenoxy) is 1. The number of nitrogens with zero attached hydrogens (tertiary/aromatic N) is 2. The van der Waals surface area contributed by atoms with Crippen LogP contribution in [-0.4, -0.2) is 40.4 Å². The topological polar surface area (TPSA) is 140 Å². The van der Waals surface area contributed by atoms with Crippen LogP contribution in [0.15, 0.2) is 31.5 Å². The third kappa shape index (κ3) is 5.10. The van der Waals surface area contributed by atoms with E-state index in [-0.39, 0.29) is 23.1 Å². The number of nitrogens with one attached hydrogen (secondary N) is 1. The zero-order chi connectivity index (χ0) is 20.2. The van der Waals surface area contributed by atoms with Gasteiger partial charge in [0.25, 0.3) is 5.91 Å². The SMILES string of the molecule is COc1cc([C@@H](CC(C)C)NC(=O)[C@]2(N)CSC(/C(C)=N/O)=N2)oc(=O)c1. The number of oxime groups is 1. The highest BCUT2D eigenvalue weighted by Gasteiger charge is 2.41. The molecule has 0 saturated heterocycles. The quantitative estimate of drug-likeness (QED) is 0.360. The van der Waals surface area contributed by atoms with E-state index in [1.54, 1.807) is 13.0 Å². The minimum absolute atomic E-state index is 0.206. The molecule has 148 valence electrons. The first kappa shape index (κ1) is 21.0. The third-order valence-electron chi connectivity index (χ3n) is 3.94. The summed E-state index contributed by atoms with van der Waals surface area (Å²) in [5.74, 6) is 0.539. The van der Waals surface area contributed by atoms with Gasteiger partial charge in [-0.25, -0.2) is 9.79 Å². The average Bonchev–Trinajstić information content (AvgIpc) is 3.03. The smallest absolute Gasteiger partial charge is 0.339 e. The molecule has 0 spiro atoms. The van der Waals surface area contributed by atoms with Crippen molar-refractivity contribution in [1.29, 1.82) is 0 Å². The Kier molecular flexibility index (Phi) is 6.66. The molecule has 1 aromatic heterocycles. The minimum atomic E-state index is -1.50. The minimum Gasteiger partial charge on any atom is -0.496 e. The van der Waals surface area contributed by atoms with E-state index >= 15 is 0 Å². The summed E-state index contributed by atoms with van der Waals surface area (Å²) in [5.41, 5.74) is 4.38. The molecule has 0 bridgehead atoms. The highest BCUT2D eigenvalue weighted by molar-refractivity contribution is 8.16. The summed E-state index contributed by atoms with van der Waals surface area (Å²) >= 11 is 1.24. The summed E-state index contributed by atoms with van der Waals surface area (Å²) in [6, 6.07) is 2.22. The van der Waals surface area contributed by atoms with Crippen molar-refractivity contribution in [1.82, 2.24) is 5.32 Å². The Labute approximate surface area is 161 Å². The molecule has 4 N–H and O–H groups in total. The Morgan fingerprint density at radius 3 is 2.85 bits per heavy atom. The molecule has 1 aliphatic rings. The van der Waals surface area contributed by atoms with Crippen molar-refractivity contribution >= 4 is 28.4 Å². The molecule has 2 rings (SSSR count). The van der Waals surface area contributed by atoms with E-state index < -0.39 is 23.2 Å². The predicted molar refractivity (Wildman–Crippen MR) is 104 cm³/mol. The van der Waals surface area contributed by atoms with Gasteiger partial charge in [-0.3, -0.25) is 10.5 Å². The molecule has 1 amide bonds. The Morgan fingerprint density at radius 2 is 2.26 bits per heavy atom. The molecule has 0 aromatic carbocycles. The van der Waals surface area contributed by atoms with Crippen LogP contribution in [0, 0.1) is 5.92 Å². The highest BCUT2D eigenvalue weighted by atomic mass is 32.2. The Bertz CT molecular complexity index is 820. The lowest BCUT2D eigenvalue weighted by atomic mass is 10.0. The molecule has 1 aliphatic heterocycles. The zero-order valence-corrected chi connectivity index (χ0v) is 16.5. The van der Waals surface area contributed by atoms with Gasteiger partial charge in [0.05, 0.1) is 19.2 Å². The lowest BCUT2D eigenvalue weighted by molar-refractivity contribution is -0.126. The molecule has 0 saturated carbocycles. The van der Waals surface area contributed by atoms with Crippen LogP contribution in [0.2, 0.25) is 0 Å². The maximum Gasteiger partial charge on any atom is 0.339 e. The molecule has 2 heterocycles. The first-order valence-corrected chi connectivity index (χ1v) is 9.37. The maximum atomic E-state index is 12.8. The lowest BCUT2D eigenvalue weighted by Gasteiger charge is -2.25. The fourth-order valence-electron chi connectivity index (χ4n) is 2.53. The molecule has 0 aliphatic carbocycles. The summed E-state index contributed by atoms with van der Waals surface area (Å²) in [5, 5.41) is 15.2. The summed E-state index contributed by atoms with van der Waals surface area (Å²) < 4.78 is 10.4. The molecular formula is C17H24N4O5S. The number of amides is 1. The highest BCUT2D eigenvalue weighted by Crippen LogP contribution is 2.28. The van der Waals surface area contributed by atoms with Gasteiger partial charge in [-0.2, -0.15) is 0 Å². The van der Waals surface area contributed by atoms with E-state index in [2.05, 4.69) is 15.5 Å². The number of hydrogen-bond donors (Lipinski definition) is 3. The van der Waals surface area contributed by atoms with Crippen LogP contribution < -0.4 is 21.4 Å². The van der Waals surface area contributed by atoms with Crippen molar-refractivity contribution in [2.75, 3.05) is 12.9 Å². The van der Waals surface area contributed by atoms with Crippen LogP contribution in [0.25, 0.3) is 0 Å². The summed E-state index contributed by atoms with van der Waals surface area (Å²) in [4.78, 5) is 28.8. The summed E-state index contributed by atoms with van der Waals surface area (Å²) in [6.07, 6.45) is 0.527. The molecule has 27 heavy (non-hydrogen) atoms.